The Morgan fingerprint density at radius 2 is 1.78 bits per heavy atom. The summed E-state index contributed by atoms with van der Waals surface area (Å²) in [6.45, 7) is 2.23. The topological polar surface area (TPSA) is 61.0 Å². The molecular formula is C18H18N4O. The number of para-hydroxylation sites is 1. The van der Waals surface area contributed by atoms with Crippen LogP contribution in [0.1, 0.15) is 23.3 Å². The maximum Gasteiger partial charge on any atom is 0.276 e. The molecule has 2 aromatic carbocycles. The number of aromatic nitrogens is 2. The van der Waals surface area contributed by atoms with Crippen molar-refractivity contribution < 1.29 is 4.79 Å². The van der Waals surface area contributed by atoms with Gasteiger partial charge in [0.25, 0.3) is 5.91 Å². The van der Waals surface area contributed by atoms with E-state index in [1.807, 2.05) is 36.4 Å². The largest absolute Gasteiger partial charge is 0.372 e. The molecule has 0 aliphatic carbocycles. The Labute approximate surface area is 134 Å². The van der Waals surface area contributed by atoms with Crippen molar-refractivity contribution in [2.45, 2.75) is 12.8 Å². The molecule has 3 aromatic rings. The van der Waals surface area contributed by atoms with Crippen molar-refractivity contribution in [3.63, 3.8) is 0 Å². The van der Waals surface area contributed by atoms with Crippen molar-refractivity contribution in [3.8, 4) is 0 Å². The second-order valence-electron chi connectivity index (χ2n) is 5.81. The van der Waals surface area contributed by atoms with Gasteiger partial charge in [-0.1, -0.05) is 18.2 Å². The number of nitrogens with zero attached hydrogens (tertiary/aromatic N) is 2. The van der Waals surface area contributed by atoms with Crippen LogP contribution in [-0.2, 0) is 0 Å². The minimum Gasteiger partial charge on any atom is -0.372 e. The molecule has 0 radical (unpaired) electrons. The quantitative estimate of drug-likeness (QED) is 0.779. The van der Waals surface area contributed by atoms with Gasteiger partial charge in [-0.3, -0.25) is 9.89 Å². The maximum atomic E-state index is 12.4. The van der Waals surface area contributed by atoms with Crippen molar-refractivity contribution in [1.29, 1.82) is 0 Å². The van der Waals surface area contributed by atoms with E-state index in [0.29, 0.717) is 5.69 Å². The number of benzene rings is 2. The molecule has 5 heteroatoms. The summed E-state index contributed by atoms with van der Waals surface area (Å²) in [5.41, 5.74) is 3.28. The Hall–Kier alpha value is -2.82. The fourth-order valence-corrected chi connectivity index (χ4v) is 3.06. The summed E-state index contributed by atoms with van der Waals surface area (Å²) in [5.74, 6) is -0.198. The molecular weight excluding hydrogens is 288 g/mol. The van der Waals surface area contributed by atoms with E-state index in [4.69, 9.17) is 0 Å². The SMILES string of the molecule is O=C(Nc1ccc(N2CCCC2)cc1)c1n[nH]c2ccccc12. The van der Waals surface area contributed by atoms with Gasteiger partial charge >= 0.3 is 0 Å². The number of carbonyl (C=O) groups excluding carboxylic acids is 1. The van der Waals surface area contributed by atoms with Gasteiger partial charge in [-0.2, -0.15) is 5.10 Å². The Bertz CT molecular complexity index is 832. The fraction of sp³-hybridized carbons (Fsp3) is 0.222. The minimum atomic E-state index is -0.198. The summed E-state index contributed by atoms with van der Waals surface area (Å²) >= 11 is 0. The van der Waals surface area contributed by atoms with E-state index in [9.17, 15) is 4.79 Å². The third-order valence-electron chi connectivity index (χ3n) is 4.28. The first kappa shape index (κ1) is 13.8. The van der Waals surface area contributed by atoms with Crippen LogP contribution in [0, 0.1) is 0 Å². The van der Waals surface area contributed by atoms with Crippen LogP contribution in [0.5, 0.6) is 0 Å². The summed E-state index contributed by atoms with van der Waals surface area (Å²) < 4.78 is 0. The van der Waals surface area contributed by atoms with Gasteiger partial charge in [0.15, 0.2) is 5.69 Å². The van der Waals surface area contributed by atoms with E-state index in [1.54, 1.807) is 0 Å². The lowest BCUT2D eigenvalue weighted by molar-refractivity contribution is 0.102. The number of fused-ring (bicyclic) bond motifs is 1. The lowest BCUT2D eigenvalue weighted by Crippen LogP contribution is -2.17. The monoisotopic (exact) mass is 306 g/mol. The number of carbonyl (C=O) groups is 1. The number of hydrogen-bond donors (Lipinski definition) is 2. The minimum absolute atomic E-state index is 0.198. The van der Waals surface area contributed by atoms with Crippen LogP contribution in [0.15, 0.2) is 48.5 Å². The van der Waals surface area contributed by atoms with Crippen LogP contribution in [0.2, 0.25) is 0 Å². The summed E-state index contributed by atoms with van der Waals surface area (Å²) in [6.07, 6.45) is 2.51. The molecule has 4 rings (SSSR count). The Morgan fingerprint density at radius 1 is 1.04 bits per heavy atom. The molecule has 0 bridgehead atoms. The number of nitrogens with one attached hydrogen (secondary N) is 2. The zero-order valence-corrected chi connectivity index (χ0v) is 12.7. The highest BCUT2D eigenvalue weighted by molar-refractivity contribution is 6.11. The number of hydrogen-bond acceptors (Lipinski definition) is 3. The van der Waals surface area contributed by atoms with E-state index in [1.165, 1.54) is 18.5 Å². The molecule has 1 fully saturated rings. The van der Waals surface area contributed by atoms with Gasteiger partial charge < -0.3 is 10.2 Å². The van der Waals surface area contributed by atoms with Gasteiger partial charge in [0.2, 0.25) is 0 Å². The standard InChI is InChI=1S/C18H18N4O/c23-18(17-15-5-1-2-6-16(15)20-21-17)19-13-7-9-14(10-8-13)22-11-3-4-12-22/h1-2,5-10H,3-4,11-12H2,(H,19,23)(H,20,21). The lowest BCUT2D eigenvalue weighted by Gasteiger charge is -2.17. The summed E-state index contributed by atoms with van der Waals surface area (Å²) in [7, 11) is 0. The van der Waals surface area contributed by atoms with Crippen LogP contribution in [0.3, 0.4) is 0 Å². The molecule has 0 saturated carbocycles. The molecule has 0 unspecified atom stereocenters. The summed E-state index contributed by atoms with van der Waals surface area (Å²) in [5, 5.41) is 10.8. The maximum absolute atomic E-state index is 12.4. The van der Waals surface area contributed by atoms with E-state index < -0.39 is 0 Å². The third kappa shape index (κ3) is 2.65. The predicted octanol–water partition coefficient (Wildman–Crippen LogP) is 3.42. The van der Waals surface area contributed by atoms with E-state index in [0.717, 1.165) is 29.7 Å². The van der Waals surface area contributed by atoms with Crippen LogP contribution in [0.25, 0.3) is 10.9 Å². The molecule has 5 nitrogen and oxygen atoms in total. The van der Waals surface area contributed by atoms with Crippen LogP contribution < -0.4 is 10.2 Å². The average molecular weight is 306 g/mol. The van der Waals surface area contributed by atoms with Crippen molar-refractivity contribution in [1.82, 2.24) is 10.2 Å². The number of amides is 1. The van der Waals surface area contributed by atoms with E-state index >= 15 is 0 Å². The molecule has 23 heavy (non-hydrogen) atoms. The molecule has 1 aliphatic heterocycles. The summed E-state index contributed by atoms with van der Waals surface area (Å²) in [6, 6.07) is 15.6. The summed E-state index contributed by atoms with van der Waals surface area (Å²) in [4.78, 5) is 14.8. The van der Waals surface area contributed by atoms with Crippen LogP contribution >= 0.6 is 0 Å². The molecule has 1 saturated heterocycles. The average Bonchev–Trinajstić information content (AvgIpc) is 3.25. The highest BCUT2D eigenvalue weighted by Crippen LogP contribution is 2.23. The van der Waals surface area contributed by atoms with Crippen molar-refractivity contribution in [2.24, 2.45) is 0 Å². The molecule has 1 amide bonds. The molecule has 1 aliphatic rings. The van der Waals surface area contributed by atoms with Gasteiger partial charge in [0.05, 0.1) is 5.52 Å². The first-order valence-corrected chi connectivity index (χ1v) is 7.91. The van der Waals surface area contributed by atoms with Gasteiger partial charge in [0.1, 0.15) is 0 Å². The van der Waals surface area contributed by atoms with Crippen LogP contribution in [0.4, 0.5) is 11.4 Å². The molecule has 2 heterocycles. The number of H-pyrrole nitrogens is 1. The van der Waals surface area contributed by atoms with Gasteiger partial charge in [-0.25, -0.2) is 0 Å². The highest BCUT2D eigenvalue weighted by Gasteiger charge is 2.15. The van der Waals surface area contributed by atoms with E-state index in [-0.39, 0.29) is 5.91 Å². The number of aromatic amines is 1. The van der Waals surface area contributed by atoms with Gasteiger partial charge in [-0.05, 0) is 43.2 Å². The highest BCUT2D eigenvalue weighted by atomic mass is 16.1. The Kier molecular flexibility index (Phi) is 3.46. The number of rotatable bonds is 3. The normalized spacial score (nSPS) is 14.3. The third-order valence-corrected chi connectivity index (χ3v) is 4.28. The van der Waals surface area contributed by atoms with Gasteiger partial charge in [-0.15, -0.1) is 0 Å². The zero-order chi connectivity index (χ0) is 15.6. The Balaban J connectivity index is 1.52. The van der Waals surface area contributed by atoms with Crippen molar-refractivity contribution >= 4 is 28.2 Å². The van der Waals surface area contributed by atoms with E-state index in [2.05, 4.69) is 32.5 Å². The molecule has 116 valence electrons. The van der Waals surface area contributed by atoms with Crippen molar-refractivity contribution in [2.75, 3.05) is 23.3 Å². The second kappa shape index (κ2) is 5.76. The lowest BCUT2D eigenvalue weighted by atomic mass is 10.2. The molecule has 2 N–H and O–H groups in total. The first-order valence-electron chi connectivity index (χ1n) is 7.91. The number of anilines is 2. The van der Waals surface area contributed by atoms with Crippen molar-refractivity contribution in [3.05, 3.63) is 54.2 Å². The Morgan fingerprint density at radius 3 is 2.57 bits per heavy atom. The first-order chi connectivity index (χ1) is 11.3. The molecule has 0 spiro atoms. The molecule has 1 aromatic heterocycles. The predicted molar refractivity (Wildman–Crippen MR) is 91.9 cm³/mol. The van der Waals surface area contributed by atoms with Gasteiger partial charge in [0, 0.05) is 29.9 Å². The van der Waals surface area contributed by atoms with Crippen LogP contribution in [-0.4, -0.2) is 29.2 Å². The molecule has 0 atom stereocenters. The zero-order valence-electron chi connectivity index (χ0n) is 12.7. The second-order valence-corrected chi connectivity index (χ2v) is 5.81. The smallest absolute Gasteiger partial charge is 0.276 e. The fourth-order valence-electron chi connectivity index (χ4n) is 3.06.